The summed E-state index contributed by atoms with van der Waals surface area (Å²) < 4.78 is 31.2. The molecule has 0 aliphatic carbocycles. The number of ether oxygens (including phenoxy) is 1. The molecule has 0 amide bonds. The second kappa shape index (κ2) is 7.95. The summed E-state index contributed by atoms with van der Waals surface area (Å²) in [7, 11) is -3.15. The number of hydrogen-bond acceptors (Lipinski definition) is 4. The summed E-state index contributed by atoms with van der Waals surface area (Å²) in [5, 5.41) is 8.53. The molecule has 1 N–H and O–H groups in total. The van der Waals surface area contributed by atoms with E-state index in [4.69, 9.17) is 9.84 Å². The van der Waals surface area contributed by atoms with Crippen molar-refractivity contribution in [3.63, 3.8) is 0 Å². The van der Waals surface area contributed by atoms with Crippen molar-refractivity contribution in [2.75, 3.05) is 25.4 Å². The van der Waals surface area contributed by atoms with Gasteiger partial charge in [-0.2, -0.15) is 0 Å². The molecule has 1 heterocycles. The summed E-state index contributed by atoms with van der Waals surface area (Å²) in [6.07, 6.45) is 1.93. The van der Waals surface area contributed by atoms with E-state index in [1.807, 2.05) is 13.8 Å². The average Bonchev–Trinajstić information content (AvgIpc) is 2.37. The zero-order valence-electron chi connectivity index (χ0n) is 12.2. The Balaban J connectivity index is 2.32. The maximum Gasteiger partial charge on any atom is 0.305 e. The van der Waals surface area contributed by atoms with Crippen molar-refractivity contribution in [1.29, 1.82) is 0 Å². The van der Waals surface area contributed by atoms with Crippen LogP contribution >= 0.6 is 0 Å². The van der Waals surface area contributed by atoms with E-state index in [2.05, 4.69) is 0 Å². The van der Waals surface area contributed by atoms with Crippen LogP contribution in [0, 0.1) is 5.92 Å². The third-order valence-corrected chi connectivity index (χ3v) is 5.32. The van der Waals surface area contributed by atoms with Crippen LogP contribution in [0.15, 0.2) is 0 Å². The Hall–Kier alpha value is -0.660. The Morgan fingerprint density at radius 2 is 1.95 bits per heavy atom. The lowest BCUT2D eigenvalue weighted by Gasteiger charge is -2.31. The number of sulfonamides is 1. The Morgan fingerprint density at radius 3 is 2.45 bits per heavy atom. The average molecular weight is 307 g/mol. The topological polar surface area (TPSA) is 83.9 Å². The molecular formula is C13H25NO5S. The summed E-state index contributed by atoms with van der Waals surface area (Å²) in [6.45, 7) is 5.16. The van der Waals surface area contributed by atoms with E-state index >= 15 is 0 Å². The van der Waals surface area contributed by atoms with Crippen molar-refractivity contribution in [2.45, 2.75) is 45.6 Å². The van der Waals surface area contributed by atoms with Crippen molar-refractivity contribution in [3.8, 4) is 0 Å². The second-order valence-electron chi connectivity index (χ2n) is 5.61. The highest BCUT2D eigenvalue weighted by atomic mass is 32.2. The standard InChI is InChI=1S/C13H25NO5S/c1-11(2)6-10-20(17,18)14-7-3-12(4-8-14)19-9-5-13(15)16/h11-12H,3-10H2,1-2H3,(H,15,16). The van der Waals surface area contributed by atoms with Crippen molar-refractivity contribution in [2.24, 2.45) is 5.92 Å². The van der Waals surface area contributed by atoms with E-state index in [1.165, 1.54) is 4.31 Å². The van der Waals surface area contributed by atoms with Crippen LogP contribution in [-0.2, 0) is 19.6 Å². The molecule has 0 aromatic carbocycles. The van der Waals surface area contributed by atoms with Gasteiger partial charge in [0.15, 0.2) is 0 Å². The summed E-state index contributed by atoms with van der Waals surface area (Å²) in [5.74, 6) is -0.296. The third kappa shape index (κ3) is 6.19. The van der Waals surface area contributed by atoms with Gasteiger partial charge in [0.1, 0.15) is 0 Å². The minimum Gasteiger partial charge on any atom is -0.481 e. The van der Waals surface area contributed by atoms with Crippen molar-refractivity contribution in [1.82, 2.24) is 4.31 Å². The molecule has 0 atom stereocenters. The molecule has 0 bridgehead atoms. The quantitative estimate of drug-likeness (QED) is 0.731. The van der Waals surface area contributed by atoms with Gasteiger partial charge in [-0.25, -0.2) is 12.7 Å². The van der Waals surface area contributed by atoms with Crippen LogP contribution in [0.2, 0.25) is 0 Å². The molecule has 1 fully saturated rings. The molecule has 1 aliphatic heterocycles. The molecular weight excluding hydrogens is 282 g/mol. The molecule has 118 valence electrons. The monoisotopic (exact) mass is 307 g/mol. The fourth-order valence-electron chi connectivity index (χ4n) is 2.10. The van der Waals surface area contributed by atoms with Crippen LogP contribution in [0.5, 0.6) is 0 Å². The van der Waals surface area contributed by atoms with E-state index < -0.39 is 16.0 Å². The van der Waals surface area contributed by atoms with Crippen molar-refractivity contribution in [3.05, 3.63) is 0 Å². The van der Waals surface area contributed by atoms with Gasteiger partial charge >= 0.3 is 5.97 Å². The zero-order valence-corrected chi connectivity index (χ0v) is 13.1. The molecule has 1 rings (SSSR count). The Kier molecular flexibility index (Phi) is 6.91. The highest BCUT2D eigenvalue weighted by molar-refractivity contribution is 7.89. The van der Waals surface area contributed by atoms with E-state index in [0.717, 1.165) is 0 Å². The lowest BCUT2D eigenvalue weighted by Crippen LogP contribution is -2.42. The third-order valence-electron chi connectivity index (χ3n) is 3.42. The summed E-state index contributed by atoms with van der Waals surface area (Å²) in [5.41, 5.74) is 0. The van der Waals surface area contributed by atoms with Gasteiger partial charge in [0.2, 0.25) is 10.0 Å². The predicted molar refractivity (Wildman–Crippen MR) is 76.0 cm³/mol. The van der Waals surface area contributed by atoms with Crippen LogP contribution in [-0.4, -0.2) is 55.4 Å². The van der Waals surface area contributed by atoms with Crippen LogP contribution in [0.3, 0.4) is 0 Å². The lowest BCUT2D eigenvalue weighted by atomic mass is 10.1. The van der Waals surface area contributed by atoms with E-state index in [0.29, 0.717) is 38.3 Å². The minimum atomic E-state index is -3.15. The first-order chi connectivity index (χ1) is 9.31. The van der Waals surface area contributed by atoms with E-state index in [1.54, 1.807) is 0 Å². The van der Waals surface area contributed by atoms with Gasteiger partial charge in [-0.1, -0.05) is 13.8 Å². The number of aliphatic carboxylic acids is 1. The molecule has 0 spiro atoms. The summed E-state index contributed by atoms with van der Waals surface area (Å²) >= 11 is 0. The number of piperidine rings is 1. The Morgan fingerprint density at radius 1 is 1.35 bits per heavy atom. The molecule has 0 radical (unpaired) electrons. The summed E-state index contributed by atoms with van der Waals surface area (Å²) in [4.78, 5) is 10.4. The lowest BCUT2D eigenvalue weighted by molar-refractivity contribution is -0.138. The van der Waals surface area contributed by atoms with Crippen LogP contribution in [0.1, 0.15) is 39.5 Å². The van der Waals surface area contributed by atoms with Gasteiger partial charge in [-0.05, 0) is 25.2 Å². The number of nitrogens with zero attached hydrogens (tertiary/aromatic N) is 1. The first kappa shape index (κ1) is 17.4. The largest absolute Gasteiger partial charge is 0.481 e. The van der Waals surface area contributed by atoms with E-state index in [9.17, 15) is 13.2 Å². The fourth-order valence-corrected chi connectivity index (χ4v) is 3.90. The van der Waals surface area contributed by atoms with Crippen LogP contribution < -0.4 is 0 Å². The molecule has 0 saturated carbocycles. The molecule has 7 heteroatoms. The normalized spacial score (nSPS) is 18.6. The Labute approximate surface area is 121 Å². The van der Waals surface area contributed by atoms with Crippen LogP contribution in [0.25, 0.3) is 0 Å². The number of carboxylic acid groups (broad SMARTS) is 1. The SMILES string of the molecule is CC(C)CCS(=O)(=O)N1CCC(OCCC(=O)O)CC1. The molecule has 0 aromatic heterocycles. The van der Waals surface area contributed by atoms with Gasteiger partial charge in [-0.15, -0.1) is 0 Å². The first-order valence-electron chi connectivity index (χ1n) is 7.12. The van der Waals surface area contributed by atoms with Gasteiger partial charge < -0.3 is 9.84 Å². The van der Waals surface area contributed by atoms with Crippen molar-refractivity contribution < 1.29 is 23.1 Å². The maximum atomic E-state index is 12.1. The second-order valence-corrected chi connectivity index (χ2v) is 7.70. The van der Waals surface area contributed by atoms with Crippen molar-refractivity contribution >= 4 is 16.0 Å². The molecule has 20 heavy (non-hydrogen) atoms. The number of carbonyl (C=O) groups is 1. The number of carboxylic acids is 1. The zero-order chi connectivity index (χ0) is 15.2. The number of hydrogen-bond donors (Lipinski definition) is 1. The van der Waals surface area contributed by atoms with Gasteiger partial charge in [0, 0.05) is 13.1 Å². The summed E-state index contributed by atoms with van der Waals surface area (Å²) in [6, 6.07) is 0. The predicted octanol–water partition coefficient (Wildman–Crippen LogP) is 1.32. The molecule has 6 nitrogen and oxygen atoms in total. The molecule has 0 unspecified atom stereocenters. The van der Waals surface area contributed by atoms with E-state index in [-0.39, 0.29) is 24.9 Å². The fraction of sp³-hybridized carbons (Fsp3) is 0.923. The maximum absolute atomic E-state index is 12.1. The smallest absolute Gasteiger partial charge is 0.305 e. The molecule has 1 aliphatic rings. The highest BCUT2D eigenvalue weighted by Crippen LogP contribution is 2.18. The van der Waals surface area contributed by atoms with Gasteiger partial charge in [0.05, 0.1) is 24.9 Å². The Bertz CT molecular complexity index is 399. The first-order valence-corrected chi connectivity index (χ1v) is 8.73. The minimum absolute atomic E-state index is 0.00704. The van der Waals surface area contributed by atoms with Gasteiger partial charge in [-0.3, -0.25) is 4.79 Å². The highest BCUT2D eigenvalue weighted by Gasteiger charge is 2.28. The van der Waals surface area contributed by atoms with Crippen LogP contribution in [0.4, 0.5) is 0 Å². The molecule has 1 saturated heterocycles. The number of rotatable bonds is 8. The van der Waals surface area contributed by atoms with Gasteiger partial charge in [0.25, 0.3) is 0 Å². The molecule has 0 aromatic rings.